The van der Waals surface area contributed by atoms with Gasteiger partial charge in [-0.25, -0.2) is 4.90 Å². The molecule has 0 saturated carbocycles. The lowest BCUT2D eigenvalue weighted by Gasteiger charge is -2.38. The smallest absolute Gasteiger partial charge is 0.270 e. The van der Waals surface area contributed by atoms with Crippen LogP contribution in [0.15, 0.2) is 18.2 Å². The average Bonchev–Trinajstić information content (AvgIpc) is 2.67. The van der Waals surface area contributed by atoms with Crippen molar-refractivity contribution in [3.05, 3.63) is 29.3 Å². The van der Waals surface area contributed by atoms with Gasteiger partial charge in [0.05, 0.1) is 16.7 Å². The van der Waals surface area contributed by atoms with E-state index in [9.17, 15) is 14.4 Å². The summed E-state index contributed by atoms with van der Waals surface area (Å²) in [7, 11) is 0. The van der Waals surface area contributed by atoms with Crippen molar-refractivity contribution < 1.29 is 19.1 Å². The molecule has 0 radical (unpaired) electrons. The lowest BCUT2D eigenvalue weighted by atomic mass is 10.0. The molecule has 0 spiro atoms. The molecular weight excluding hydrogens is 274 g/mol. The number of carbonyl (C=O) groups excluding carboxylic acids is 3. The van der Waals surface area contributed by atoms with E-state index in [4.69, 9.17) is 10.5 Å². The number of ether oxygens (including phenoxy) is 1. The predicted molar refractivity (Wildman–Crippen MR) is 73.6 cm³/mol. The van der Waals surface area contributed by atoms with Crippen LogP contribution in [0, 0.1) is 0 Å². The number of rotatable bonds is 3. The van der Waals surface area contributed by atoms with Crippen LogP contribution in [0.1, 0.15) is 27.6 Å². The zero-order valence-electron chi connectivity index (χ0n) is 11.5. The van der Waals surface area contributed by atoms with Gasteiger partial charge in [-0.05, 0) is 19.1 Å². The Bertz CT molecular complexity index is 652. The second-order valence-electron chi connectivity index (χ2n) is 5.45. The highest BCUT2D eigenvalue weighted by Crippen LogP contribution is 2.28. The fraction of sp³-hybridized carbons (Fsp3) is 0.357. The zero-order chi connectivity index (χ0) is 15.2. The molecule has 2 heterocycles. The minimum atomic E-state index is -0.682. The number of nitrogens with two attached hydrogens (primary N) is 1. The van der Waals surface area contributed by atoms with Gasteiger partial charge in [0.25, 0.3) is 17.7 Å². The maximum absolute atomic E-state index is 12.2. The van der Waals surface area contributed by atoms with Gasteiger partial charge in [-0.2, -0.15) is 0 Å². The summed E-state index contributed by atoms with van der Waals surface area (Å²) in [5.41, 5.74) is 5.73. The second-order valence-corrected chi connectivity index (χ2v) is 5.45. The summed E-state index contributed by atoms with van der Waals surface area (Å²) in [6, 6.07) is 4.58. The molecule has 0 unspecified atom stereocenters. The Balaban J connectivity index is 1.78. The van der Waals surface area contributed by atoms with Gasteiger partial charge in [0.15, 0.2) is 0 Å². The van der Waals surface area contributed by atoms with Crippen LogP contribution in [0.4, 0.5) is 5.69 Å². The summed E-state index contributed by atoms with van der Waals surface area (Å²) < 4.78 is 5.48. The standard InChI is InChI=1S/C14H15N3O4/c1-14(6-16-7-14)21-5-10(18)17-12(19)8-3-2-4-9(15)11(8)13(17)20/h2-4,16H,5-7,15H2,1H3. The molecule has 0 atom stereocenters. The average molecular weight is 289 g/mol. The number of hydrogen-bond acceptors (Lipinski definition) is 6. The second kappa shape index (κ2) is 4.64. The van der Waals surface area contributed by atoms with E-state index in [2.05, 4.69) is 5.32 Å². The molecule has 7 heteroatoms. The Morgan fingerprint density at radius 3 is 2.67 bits per heavy atom. The molecule has 3 rings (SSSR count). The van der Waals surface area contributed by atoms with Crippen molar-refractivity contribution in [2.24, 2.45) is 0 Å². The first-order valence-corrected chi connectivity index (χ1v) is 6.58. The summed E-state index contributed by atoms with van der Waals surface area (Å²) in [6.07, 6.45) is 0. The lowest BCUT2D eigenvalue weighted by Crippen LogP contribution is -2.59. The molecule has 1 aromatic carbocycles. The Kier molecular flexibility index (Phi) is 3.03. The number of imide groups is 3. The van der Waals surface area contributed by atoms with Crippen molar-refractivity contribution in [1.82, 2.24) is 10.2 Å². The van der Waals surface area contributed by atoms with Crippen LogP contribution in [0.3, 0.4) is 0 Å². The van der Waals surface area contributed by atoms with Crippen LogP contribution >= 0.6 is 0 Å². The SMILES string of the molecule is CC1(OCC(=O)N2C(=O)c3cccc(N)c3C2=O)CNC1. The van der Waals surface area contributed by atoms with E-state index in [0.29, 0.717) is 18.0 Å². The molecule has 0 bridgehead atoms. The number of hydrogen-bond donors (Lipinski definition) is 2. The third kappa shape index (κ3) is 2.10. The number of amides is 3. The summed E-state index contributed by atoms with van der Waals surface area (Å²) >= 11 is 0. The van der Waals surface area contributed by atoms with Gasteiger partial charge in [-0.3, -0.25) is 14.4 Å². The van der Waals surface area contributed by atoms with Gasteiger partial charge in [0.2, 0.25) is 0 Å². The van der Waals surface area contributed by atoms with Crippen LogP contribution in [-0.4, -0.2) is 47.9 Å². The third-order valence-corrected chi connectivity index (χ3v) is 3.74. The summed E-state index contributed by atoms with van der Waals surface area (Å²) in [4.78, 5) is 37.1. The zero-order valence-corrected chi connectivity index (χ0v) is 11.5. The van der Waals surface area contributed by atoms with Crippen LogP contribution < -0.4 is 11.1 Å². The predicted octanol–water partition coefficient (Wildman–Crippen LogP) is -0.230. The number of nitrogens with one attached hydrogen (secondary N) is 1. The highest BCUT2D eigenvalue weighted by molar-refractivity contribution is 6.30. The molecule has 0 aliphatic carbocycles. The molecule has 21 heavy (non-hydrogen) atoms. The molecule has 110 valence electrons. The molecule has 1 aromatic rings. The molecule has 1 saturated heterocycles. The third-order valence-electron chi connectivity index (χ3n) is 3.74. The molecule has 1 fully saturated rings. The van der Waals surface area contributed by atoms with Gasteiger partial charge in [0.1, 0.15) is 6.61 Å². The number of fused-ring (bicyclic) bond motifs is 1. The Labute approximate surface area is 121 Å². The first-order chi connectivity index (χ1) is 9.93. The van der Waals surface area contributed by atoms with E-state index in [1.165, 1.54) is 12.1 Å². The minimum absolute atomic E-state index is 0.0902. The van der Waals surface area contributed by atoms with E-state index in [1.807, 2.05) is 6.92 Å². The molecule has 0 aromatic heterocycles. The fourth-order valence-electron chi connectivity index (χ4n) is 2.42. The van der Waals surface area contributed by atoms with Gasteiger partial charge >= 0.3 is 0 Å². The molecule has 3 N–H and O–H groups in total. The first kappa shape index (κ1) is 13.7. The molecule has 3 amide bonds. The van der Waals surface area contributed by atoms with Gasteiger partial charge < -0.3 is 15.8 Å². The van der Waals surface area contributed by atoms with E-state index < -0.39 is 23.3 Å². The van der Waals surface area contributed by atoms with Crippen LogP contribution in [0.2, 0.25) is 0 Å². The molecule has 2 aliphatic heterocycles. The monoisotopic (exact) mass is 289 g/mol. The molecule has 7 nitrogen and oxygen atoms in total. The summed E-state index contributed by atoms with van der Waals surface area (Å²) in [5, 5.41) is 3.03. The van der Waals surface area contributed by atoms with Crippen molar-refractivity contribution in [2.45, 2.75) is 12.5 Å². The highest BCUT2D eigenvalue weighted by atomic mass is 16.5. The maximum Gasteiger partial charge on any atom is 0.270 e. The lowest BCUT2D eigenvalue weighted by molar-refractivity contribution is -0.141. The van der Waals surface area contributed by atoms with E-state index in [0.717, 1.165) is 0 Å². The van der Waals surface area contributed by atoms with Crippen molar-refractivity contribution in [3.63, 3.8) is 0 Å². The maximum atomic E-state index is 12.2. The Hall–Kier alpha value is -2.25. The number of nitrogens with zero attached hydrogens (tertiary/aromatic N) is 1. The largest absolute Gasteiger partial charge is 0.398 e. The van der Waals surface area contributed by atoms with Crippen LogP contribution in [0.5, 0.6) is 0 Å². The summed E-state index contributed by atoms with van der Waals surface area (Å²) in [6.45, 7) is 2.81. The summed E-state index contributed by atoms with van der Waals surface area (Å²) in [5.74, 6) is -2.00. The normalized spacial score (nSPS) is 19.4. The quantitative estimate of drug-likeness (QED) is 0.588. The van der Waals surface area contributed by atoms with Crippen molar-refractivity contribution >= 4 is 23.4 Å². The Morgan fingerprint density at radius 1 is 1.38 bits per heavy atom. The number of anilines is 1. The molecular formula is C14H15N3O4. The highest BCUT2D eigenvalue weighted by Gasteiger charge is 2.42. The van der Waals surface area contributed by atoms with E-state index in [-0.39, 0.29) is 23.4 Å². The fourth-order valence-corrected chi connectivity index (χ4v) is 2.42. The van der Waals surface area contributed by atoms with Crippen molar-refractivity contribution in [2.75, 3.05) is 25.4 Å². The number of carbonyl (C=O) groups is 3. The molecule has 2 aliphatic rings. The number of benzene rings is 1. The van der Waals surface area contributed by atoms with Crippen LogP contribution in [-0.2, 0) is 9.53 Å². The minimum Gasteiger partial charge on any atom is -0.398 e. The number of nitrogen functional groups attached to an aromatic ring is 1. The van der Waals surface area contributed by atoms with Crippen molar-refractivity contribution in [3.8, 4) is 0 Å². The van der Waals surface area contributed by atoms with Crippen molar-refractivity contribution in [1.29, 1.82) is 0 Å². The first-order valence-electron chi connectivity index (χ1n) is 6.58. The van der Waals surface area contributed by atoms with E-state index in [1.54, 1.807) is 6.07 Å². The topological polar surface area (TPSA) is 102 Å². The van der Waals surface area contributed by atoms with Crippen LogP contribution in [0.25, 0.3) is 0 Å². The van der Waals surface area contributed by atoms with Gasteiger partial charge in [-0.15, -0.1) is 0 Å². The van der Waals surface area contributed by atoms with Gasteiger partial charge in [0, 0.05) is 18.8 Å². The Morgan fingerprint density at radius 2 is 2.10 bits per heavy atom. The van der Waals surface area contributed by atoms with Gasteiger partial charge in [-0.1, -0.05) is 6.07 Å². The van der Waals surface area contributed by atoms with E-state index >= 15 is 0 Å².